The lowest BCUT2D eigenvalue weighted by Crippen LogP contribution is -2.37. The van der Waals surface area contributed by atoms with E-state index in [9.17, 15) is 4.79 Å². The number of nitrogens with one attached hydrogen (secondary N) is 2. The van der Waals surface area contributed by atoms with Gasteiger partial charge in [-0.1, -0.05) is 23.8 Å². The summed E-state index contributed by atoms with van der Waals surface area (Å²) < 4.78 is 7.42. The van der Waals surface area contributed by atoms with Gasteiger partial charge in [0.05, 0.1) is 6.54 Å². The average Bonchev–Trinajstić information content (AvgIpc) is 3.23. The van der Waals surface area contributed by atoms with E-state index in [1.807, 2.05) is 48.7 Å². The Morgan fingerprint density at radius 3 is 2.59 bits per heavy atom. The Morgan fingerprint density at radius 2 is 1.88 bits per heavy atom. The molecule has 32 heavy (non-hydrogen) atoms. The molecule has 0 aliphatic rings. The van der Waals surface area contributed by atoms with Gasteiger partial charge >= 0.3 is 0 Å². The third-order valence-corrected chi connectivity index (χ3v) is 4.96. The van der Waals surface area contributed by atoms with E-state index in [1.165, 1.54) is 5.56 Å². The van der Waals surface area contributed by atoms with Crippen LogP contribution in [0.2, 0.25) is 0 Å². The third kappa shape index (κ3) is 7.51. The second-order valence-corrected chi connectivity index (χ2v) is 7.50. The van der Waals surface area contributed by atoms with E-state index in [0.717, 1.165) is 55.4 Å². The number of benzene rings is 1. The zero-order valence-corrected chi connectivity index (χ0v) is 21.3. The Hall–Kier alpha value is -2.62. The first kappa shape index (κ1) is 25.6. The van der Waals surface area contributed by atoms with Gasteiger partial charge in [-0.25, -0.2) is 9.98 Å². The quantitative estimate of drug-likeness (QED) is 0.180. The first-order chi connectivity index (χ1) is 15.1. The number of aryl methyl sites for hydroxylation is 2. The number of oxazole rings is 1. The summed E-state index contributed by atoms with van der Waals surface area (Å²) >= 11 is 0. The number of hydrogen-bond donors (Lipinski definition) is 2. The molecule has 3 rings (SSSR count). The summed E-state index contributed by atoms with van der Waals surface area (Å²) in [4.78, 5) is 21.1. The molecule has 172 valence electrons. The van der Waals surface area contributed by atoms with E-state index >= 15 is 0 Å². The molecule has 2 aromatic heterocycles. The van der Waals surface area contributed by atoms with Gasteiger partial charge < -0.3 is 19.6 Å². The van der Waals surface area contributed by atoms with Crippen molar-refractivity contribution in [3.63, 3.8) is 0 Å². The van der Waals surface area contributed by atoms with Crippen LogP contribution in [0.25, 0.3) is 11.5 Å². The second-order valence-electron chi connectivity index (χ2n) is 7.50. The molecule has 0 radical (unpaired) electrons. The lowest BCUT2D eigenvalue weighted by atomic mass is 10.1. The molecule has 0 aliphatic carbocycles. The highest BCUT2D eigenvalue weighted by Crippen LogP contribution is 2.19. The molecule has 0 unspecified atom stereocenters. The monoisotopic (exact) mass is 549 g/mol. The summed E-state index contributed by atoms with van der Waals surface area (Å²) in [5, 5.41) is 6.59. The topological polar surface area (TPSA) is 84.4 Å². The number of nitrogens with zero attached hydrogens (tertiary/aromatic N) is 3. The van der Waals surface area contributed by atoms with Crippen LogP contribution in [0, 0.1) is 13.8 Å². The highest BCUT2D eigenvalue weighted by atomic mass is 127. The van der Waals surface area contributed by atoms with E-state index < -0.39 is 0 Å². The van der Waals surface area contributed by atoms with E-state index in [2.05, 4.69) is 27.5 Å². The first-order valence-corrected chi connectivity index (χ1v) is 10.8. The molecule has 0 bridgehead atoms. The van der Waals surface area contributed by atoms with Crippen molar-refractivity contribution in [2.75, 3.05) is 13.1 Å². The van der Waals surface area contributed by atoms with Crippen LogP contribution in [0.3, 0.4) is 0 Å². The minimum atomic E-state index is 0. The van der Waals surface area contributed by atoms with Gasteiger partial charge in [-0.2, -0.15) is 0 Å². The fourth-order valence-electron chi connectivity index (χ4n) is 3.22. The van der Waals surface area contributed by atoms with Crippen LogP contribution in [0.5, 0.6) is 0 Å². The van der Waals surface area contributed by atoms with Crippen molar-refractivity contribution in [3.8, 4) is 11.5 Å². The molecule has 0 fully saturated rings. The molecule has 2 heterocycles. The molecule has 2 N–H and O–H groups in total. The maximum Gasteiger partial charge on any atom is 0.250 e. The highest BCUT2D eigenvalue weighted by Gasteiger charge is 2.07. The van der Waals surface area contributed by atoms with Gasteiger partial charge in [0.25, 0.3) is 5.56 Å². The Balaban J connectivity index is 0.00000363. The van der Waals surface area contributed by atoms with Crippen LogP contribution in [0.15, 0.2) is 62.9 Å². The second kappa shape index (κ2) is 13.0. The maximum atomic E-state index is 11.9. The summed E-state index contributed by atoms with van der Waals surface area (Å²) in [6, 6.07) is 13.5. The van der Waals surface area contributed by atoms with Gasteiger partial charge in [-0.05, 0) is 51.8 Å². The van der Waals surface area contributed by atoms with Crippen molar-refractivity contribution < 1.29 is 4.42 Å². The zero-order valence-electron chi connectivity index (χ0n) is 18.9. The van der Waals surface area contributed by atoms with E-state index in [0.29, 0.717) is 12.4 Å². The van der Waals surface area contributed by atoms with Crippen LogP contribution in [-0.4, -0.2) is 28.6 Å². The summed E-state index contributed by atoms with van der Waals surface area (Å²) in [5.41, 5.74) is 3.99. The Labute approximate surface area is 206 Å². The average molecular weight is 549 g/mol. The molecule has 0 aliphatic heterocycles. The Morgan fingerprint density at radius 1 is 1.09 bits per heavy atom. The van der Waals surface area contributed by atoms with Gasteiger partial charge in [0.15, 0.2) is 5.96 Å². The number of aliphatic imine (C=N–C) groups is 1. The molecule has 0 amide bonds. The van der Waals surface area contributed by atoms with Crippen LogP contribution < -0.4 is 16.2 Å². The van der Waals surface area contributed by atoms with E-state index in [-0.39, 0.29) is 29.5 Å². The molecule has 8 heteroatoms. The number of hydrogen-bond acceptors (Lipinski definition) is 4. The molecule has 7 nitrogen and oxygen atoms in total. The smallest absolute Gasteiger partial charge is 0.250 e. The highest BCUT2D eigenvalue weighted by molar-refractivity contribution is 14.0. The number of halogens is 1. The number of rotatable bonds is 9. The van der Waals surface area contributed by atoms with Gasteiger partial charge in [0, 0.05) is 37.0 Å². The van der Waals surface area contributed by atoms with Crippen LogP contribution in [0.4, 0.5) is 0 Å². The first-order valence-electron chi connectivity index (χ1n) is 10.8. The van der Waals surface area contributed by atoms with E-state index in [4.69, 9.17) is 4.42 Å². The SMILES string of the molecule is CCNC(=NCc1coc(-c2ccc(C)cc2)n1)NCCCCn1c(C)cccc1=O.I. The third-order valence-electron chi connectivity index (χ3n) is 4.96. The van der Waals surface area contributed by atoms with Crippen molar-refractivity contribution in [2.24, 2.45) is 4.99 Å². The number of pyridine rings is 1. The van der Waals surface area contributed by atoms with E-state index in [1.54, 1.807) is 18.4 Å². The summed E-state index contributed by atoms with van der Waals surface area (Å²) in [6.45, 7) is 8.76. The van der Waals surface area contributed by atoms with Crippen LogP contribution in [0.1, 0.15) is 36.7 Å². The molecule has 3 aromatic rings. The number of aromatic nitrogens is 2. The van der Waals surface area contributed by atoms with Gasteiger partial charge in [-0.3, -0.25) is 4.79 Å². The lowest BCUT2D eigenvalue weighted by Gasteiger charge is -2.12. The van der Waals surface area contributed by atoms with Crippen LogP contribution in [-0.2, 0) is 13.1 Å². The predicted octanol–water partition coefficient (Wildman–Crippen LogP) is 4.27. The minimum absolute atomic E-state index is 0. The summed E-state index contributed by atoms with van der Waals surface area (Å²) in [7, 11) is 0. The van der Waals surface area contributed by atoms with Gasteiger partial charge in [-0.15, -0.1) is 24.0 Å². The molecule has 1 aromatic carbocycles. The Kier molecular flexibility index (Phi) is 10.5. The normalized spacial score (nSPS) is 11.2. The number of guanidine groups is 1. The molecule has 0 saturated heterocycles. The largest absolute Gasteiger partial charge is 0.444 e. The number of unbranched alkanes of at least 4 members (excludes halogenated alkanes) is 1. The fraction of sp³-hybridized carbons (Fsp3) is 0.375. The van der Waals surface area contributed by atoms with Crippen molar-refractivity contribution in [1.82, 2.24) is 20.2 Å². The lowest BCUT2D eigenvalue weighted by molar-refractivity contribution is 0.572. The van der Waals surface area contributed by atoms with Crippen molar-refractivity contribution >= 4 is 29.9 Å². The van der Waals surface area contributed by atoms with Crippen LogP contribution >= 0.6 is 24.0 Å². The van der Waals surface area contributed by atoms with Crippen molar-refractivity contribution in [1.29, 1.82) is 0 Å². The summed E-state index contributed by atoms with van der Waals surface area (Å²) in [5.74, 6) is 1.35. The molecule has 0 saturated carbocycles. The van der Waals surface area contributed by atoms with Gasteiger partial charge in [0.1, 0.15) is 12.0 Å². The summed E-state index contributed by atoms with van der Waals surface area (Å²) in [6.07, 6.45) is 3.51. The standard InChI is InChI=1S/C24H31N5O2.HI/c1-4-25-24(26-14-5-6-15-29-19(3)8-7-9-22(29)30)27-16-21-17-31-23(28-21)20-12-10-18(2)11-13-20;/h7-13,17H,4-6,14-16H2,1-3H3,(H2,25,26,27);1H. The minimum Gasteiger partial charge on any atom is -0.444 e. The van der Waals surface area contributed by atoms with Crippen molar-refractivity contribution in [3.05, 3.63) is 76.0 Å². The maximum absolute atomic E-state index is 11.9. The molecule has 0 atom stereocenters. The van der Waals surface area contributed by atoms with Gasteiger partial charge in [0.2, 0.25) is 5.89 Å². The zero-order chi connectivity index (χ0) is 22.1. The Bertz CT molecular complexity index is 1060. The van der Waals surface area contributed by atoms with Crippen molar-refractivity contribution in [2.45, 2.75) is 46.7 Å². The fourth-order valence-corrected chi connectivity index (χ4v) is 3.22. The molecular formula is C24H32IN5O2. The molecule has 0 spiro atoms. The molecular weight excluding hydrogens is 517 g/mol. The predicted molar refractivity (Wildman–Crippen MR) is 140 cm³/mol.